The molecule has 114 valence electrons. The summed E-state index contributed by atoms with van der Waals surface area (Å²) in [5, 5.41) is 14.7. The summed E-state index contributed by atoms with van der Waals surface area (Å²) >= 11 is 0. The lowest BCUT2D eigenvalue weighted by Gasteiger charge is -2.27. The van der Waals surface area contributed by atoms with Crippen LogP contribution in [0.15, 0.2) is 24.3 Å². The summed E-state index contributed by atoms with van der Waals surface area (Å²) in [6, 6.07) is 6.55. The van der Waals surface area contributed by atoms with Gasteiger partial charge in [0.25, 0.3) is 0 Å². The van der Waals surface area contributed by atoms with E-state index in [2.05, 4.69) is 24.5 Å². The van der Waals surface area contributed by atoms with Gasteiger partial charge in [0.15, 0.2) is 0 Å². The molecule has 0 saturated heterocycles. The SMILES string of the molecule is CC1(C)CCCC1NC(=O)NCc1ccc(C(=O)O)cc1. The molecule has 1 aliphatic rings. The maximum atomic E-state index is 11.9. The molecule has 0 spiro atoms. The van der Waals surface area contributed by atoms with Gasteiger partial charge >= 0.3 is 12.0 Å². The number of rotatable bonds is 4. The van der Waals surface area contributed by atoms with Gasteiger partial charge in [0, 0.05) is 12.6 Å². The minimum atomic E-state index is -0.948. The van der Waals surface area contributed by atoms with Crippen molar-refractivity contribution in [3.8, 4) is 0 Å². The molecule has 1 unspecified atom stereocenters. The maximum absolute atomic E-state index is 11.9. The van der Waals surface area contributed by atoms with E-state index in [9.17, 15) is 9.59 Å². The average Bonchev–Trinajstić information content (AvgIpc) is 2.76. The molecule has 1 saturated carbocycles. The lowest BCUT2D eigenvalue weighted by atomic mass is 9.87. The van der Waals surface area contributed by atoms with E-state index in [0.717, 1.165) is 24.8 Å². The molecule has 1 aliphatic carbocycles. The fraction of sp³-hybridized carbons (Fsp3) is 0.500. The predicted octanol–water partition coefficient (Wildman–Crippen LogP) is 2.76. The highest BCUT2D eigenvalue weighted by Crippen LogP contribution is 2.37. The van der Waals surface area contributed by atoms with Crippen LogP contribution in [0.25, 0.3) is 0 Å². The molecule has 21 heavy (non-hydrogen) atoms. The first kappa shape index (κ1) is 15.4. The first-order chi connectivity index (χ1) is 9.88. The molecular formula is C16H22N2O3. The minimum absolute atomic E-state index is 0.153. The van der Waals surface area contributed by atoms with E-state index in [1.807, 2.05) is 0 Å². The van der Waals surface area contributed by atoms with Crippen LogP contribution in [-0.4, -0.2) is 23.1 Å². The van der Waals surface area contributed by atoms with E-state index in [1.165, 1.54) is 12.1 Å². The second-order valence-corrected chi connectivity index (χ2v) is 6.26. The van der Waals surface area contributed by atoms with Crippen molar-refractivity contribution in [3.05, 3.63) is 35.4 Å². The van der Waals surface area contributed by atoms with Gasteiger partial charge in [-0.1, -0.05) is 32.4 Å². The largest absolute Gasteiger partial charge is 0.478 e. The topological polar surface area (TPSA) is 78.4 Å². The summed E-state index contributed by atoms with van der Waals surface area (Å²) < 4.78 is 0. The monoisotopic (exact) mass is 290 g/mol. The van der Waals surface area contributed by atoms with Crippen LogP contribution in [0.3, 0.4) is 0 Å². The van der Waals surface area contributed by atoms with Gasteiger partial charge in [-0.25, -0.2) is 9.59 Å². The molecule has 2 rings (SSSR count). The van der Waals surface area contributed by atoms with Crippen molar-refractivity contribution in [3.63, 3.8) is 0 Å². The number of aromatic carboxylic acids is 1. The molecule has 5 heteroatoms. The maximum Gasteiger partial charge on any atom is 0.335 e. The second kappa shape index (κ2) is 6.16. The van der Waals surface area contributed by atoms with Crippen molar-refractivity contribution in [2.45, 2.75) is 45.7 Å². The number of benzene rings is 1. The van der Waals surface area contributed by atoms with Crippen LogP contribution in [0.1, 0.15) is 49.0 Å². The number of carbonyl (C=O) groups excluding carboxylic acids is 1. The van der Waals surface area contributed by atoms with Gasteiger partial charge in [0.05, 0.1) is 5.56 Å². The number of carboxylic acids is 1. The molecule has 3 N–H and O–H groups in total. The quantitative estimate of drug-likeness (QED) is 0.798. The summed E-state index contributed by atoms with van der Waals surface area (Å²) in [7, 11) is 0. The highest BCUT2D eigenvalue weighted by atomic mass is 16.4. The molecule has 0 aromatic heterocycles. The molecule has 0 heterocycles. The van der Waals surface area contributed by atoms with Crippen molar-refractivity contribution >= 4 is 12.0 Å². The summed E-state index contributed by atoms with van der Waals surface area (Å²) in [5.41, 5.74) is 1.28. The molecule has 0 bridgehead atoms. The normalized spacial score (nSPS) is 20.0. The third-order valence-electron chi connectivity index (χ3n) is 4.22. The summed E-state index contributed by atoms with van der Waals surface area (Å²) in [5.74, 6) is -0.948. The van der Waals surface area contributed by atoms with Crippen molar-refractivity contribution in [2.24, 2.45) is 5.41 Å². The molecule has 5 nitrogen and oxygen atoms in total. The molecule has 0 radical (unpaired) electrons. The van der Waals surface area contributed by atoms with E-state index in [-0.39, 0.29) is 23.1 Å². The number of carbonyl (C=O) groups is 2. The Hall–Kier alpha value is -2.04. The van der Waals surface area contributed by atoms with Crippen LogP contribution < -0.4 is 10.6 Å². The number of hydrogen-bond donors (Lipinski definition) is 3. The smallest absolute Gasteiger partial charge is 0.335 e. The fourth-order valence-electron chi connectivity index (χ4n) is 2.75. The number of amides is 2. The zero-order chi connectivity index (χ0) is 15.5. The van der Waals surface area contributed by atoms with Crippen LogP contribution >= 0.6 is 0 Å². The predicted molar refractivity (Wildman–Crippen MR) is 80.2 cm³/mol. The Kier molecular flexibility index (Phi) is 4.50. The number of urea groups is 1. The van der Waals surface area contributed by atoms with E-state index >= 15 is 0 Å². The van der Waals surface area contributed by atoms with Gasteiger partial charge in [-0.05, 0) is 36.0 Å². The van der Waals surface area contributed by atoms with E-state index in [0.29, 0.717) is 6.54 Å². The number of hydrogen-bond acceptors (Lipinski definition) is 2. The lowest BCUT2D eigenvalue weighted by Crippen LogP contribution is -2.46. The molecule has 1 fully saturated rings. The zero-order valence-electron chi connectivity index (χ0n) is 12.5. The number of carboxylic acid groups (broad SMARTS) is 1. The molecule has 2 amide bonds. The Morgan fingerprint density at radius 3 is 2.48 bits per heavy atom. The lowest BCUT2D eigenvalue weighted by molar-refractivity contribution is 0.0697. The fourth-order valence-corrected chi connectivity index (χ4v) is 2.75. The third kappa shape index (κ3) is 3.97. The van der Waals surface area contributed by atoms with Crippen molar-refractivity contribution in [1.82, 2.24) is 10.6 Å². The van der Waals surface area contributed by atoms with Gasteiger partial charge in [-0.2, -0.15) is 0 Å². The first-order valence-electron chi connectivity index (χ1n) is 7.25. The first-order valence-corrected chi connectivity index (χ1v) is 7.25. The Balaban J connectivity index is 1.82. The molecule has 1 aromatic rings. The summed E-state index contributed by atoms with van der Waals surface area (Å²) in [4.78, 5) is 22.7. The van der Waals surface area contributed by atoms with Crippen LogP contribution in [0.2, 0.25) is 0 Å². The Morgan fingerprint density at radius 1 is 1.29 bits per heavy atom. The molecular weight excluding hydrogens is 268 g/mol. The standard InChI is InChI=1S/C16H22N2O3/c1-16(2)9-3-4-13(16)18-15(21)17-10-11-5-7-12(8-6-11)14(19)20/h5-8,13H,3-4,9-10H2,1-2H3,(H,19,20)(H2,17,18,21). The van der Waals surface area contributed by atoms with Crippen LogP contribution in [0.5, 0.6) is 0 Å². The zero-order valence-corrected chi connectivity index (χ0v) is 12.5. The van der Waals surface area contributed by atoms with Crippen LogP contribution in [0, 0.1) is 5.41 Å². The minimum Gasteiger partial charge on any atom is -0.478 e. The average molecular weight is 290 g/mol. The second-order valence-electron chi connectivity index (χ2n) is 6.26. The van der Waals surface area contributed by atoms with E-state index < -0.39 is 5.97 Å². The van der Waals surface area contributed by atoms with Gasteiger partial charge < -0.3 is 15.7 Å². The number of nitrogens with one attached hydrogen (secondary N) is 2. The Labute approximate surface area is 124 Å². The van der Waals surface area contributed by atoms with Gasteiger partial charge in [-0.3, -0.25) is 0 Å². The molecule has 0 aliphatic heterocycles. The van der Waals surface area contributed by atoms with Crippen molar-refractivity contribution in [2.75, 3.05) is 0 Å². The highest BCUT2D eigenvalue weighted by Gasteiger charge is 2.35. The van der Waals surface area contributed by atoms with E-state index in [1.54, 1.807) is 12.1 Å². The highest BCUT2D eigenvalue weighted by molar-refractivity contribution is 5.87. The van der Waals surface area contributed by atoms with Crippen molar-refractivity contribution < 1.29 is 14.7 Å². The Bertz CT molecular complexity index is 523. The van der Waals surface area contributed by atoms with Crippen LogP contribution in [-0.2, 0) is 6.54 Å². The third-order valence-corrected chi connectivity index (χ3v) is 4.22. The van der Waals surface area contributed by atoms with E-state index in [4.69, 9.17) is 5.11 Å². The van der Waals surface area contributed by atoms with Gasteiger partial charge in [0.1, 0.15) is 0 Å². The molecule has 1 atom stereocenters. The Morgan fingerprint density at radius 2 is 1.95 bits per heavy atom. The van der Waals surface area contributed by atoms with Crippen molar-refractivity contribution in [1.29, 1.82) is 0 Å². The van der Waals surface area contributed by atoms with Gasteiger partial charge in [-0.15, -0.1) is 0 Å². The summed E-state index contributed by atoms with van der Waals surface area (Å²) in [6.07, 6.45) is 3.30. The summed E-state index contributed by atoms with van der Waals surface area (Å²) in [6.45, 7) is 4.74. The van der Waals surface area contributed by atoms with Gasteiger partial charge in [0.2, 0.25) is 0 Å². The van der Waals surface area contributed by atoms with Crippen LogP contribution in [0.4, 0.5) is 4.79 Å². The molecule has 1 aromatic carbocycles.